The zero-order valence-electron chi connectivity index (χ0n) is 14.8. The van der Waals surface area contributed by atoms with Crippen molar-refractivity contribution < 1.29 is 9.53 Å². The number of methoxy groups -OCH3 is 1. The largest absolute Gasteiger partial charge is 0.383 e. The first-order chi connectivity index (χ1) is 12.1. The number of anilines is 1. The van der Waals surface area contributed by atoms with Crippen molar-refractivity contribution in [1.82, 2.24) is 14.8 Å². The van der Waals surface area contributed by atoms with E-state index in [1.807, 2.05) is 25.1 Å². The molecule has 7 nitrogen and oxygen atoms in total. The minimum Gasteiger partial charge on any atom is -0.383 e. The van der Waals surface area contributed by atoms with Gasteiger partial charge in [-0.05, 0) is 31.4 Å². The van der Waals surface area contributed by atoms with E-state index in [9.17, 15) is 4.79 Å². The second-order valence-electron chi connectivity index (χ2n) is 6.48. The van der Waals surface area contributed by atoms with Gasteiger partial charge >= 0.3 is 0 Å². The van der Waals surface area contributed by atoms with E-state index in [4.69, 9.17) is 10.5 Å². The number of nitrogens with two attached hydrogens (primary N) is 1. The van der Waals surface area contributed by atoms with Gasteiger partial charge in [-0.3, -0.25) is 4.79 Å². The highest BCUT2D eigenvalue weighted by molar-refractivity contribution is 5.96. The van der Waals surface area contributed by atoms with Crippen molar-refractivity contribution in [2.45, 2.75) is 45.2 Å². The summed E-state index contributed by atoms with van der Waals surface area (Å²) in [5.41, 5.74) is 8.46. The Morgan fingerprint density at radius 3 is 3.00 bits per heavy atom. The lowest BCUT2D eigenvalue weighted by Crippen LogP contribution is -2.39. The molecular formula is C18H25N5O2. The smallest absolute Gasteiger partial charge is 0.243 e. The molecule has 0 radical (unpaired) electrons. The lowest BCUT2D eigenvalue weighted by atomic mass is 10.1. The van der Waals surface area contributed by atoms with E-state index in [0.717, 1.165) is 54.3 Å². The monoisotopic (exact) mass is 343 g/mol. The number of aromatic nitrogens is 3. The highest BCUT2D eigenvalue weighted by Crippen LogP contribution is 2.27. The van der Waals surface area contributed by atoms with Crippen LogP contribution in [0, 0.1) is 6.92 Å². The Balaban J connectivity index is 1.87. The van der Waals surface area contributed by atoms with Crippen molar-refractivity contribution in [3.8, 4) is 11.4 Å². The van der Waals surface area contributed by atoms with Crippen LogP contribution in [0.3, 0.4) is 0 Å². The zero-order chi connectivity index (χ0) is 17.8. The van der Waals surface area contributed by atoms with Crippen LogP contribution in [0.15, 0.2) is 18.2 Å². The summed E-state index contributed by atoms with van der Waals surface area (Å²) in [6, 6.07) is 5.24. The molecule has 2 heterocycles. The SMILES string of the molecule is COCC(N)C(=O)Nc1cc(-c2nnc3n2CCCCC3)ccc1C. The van der Waals surface area contributed by atoms with Gasteiger partial charge in [0.1, 0.15) is 11.9 Å². The van der Waals surface area contributed by atoms with Crippen molar-refractivity contribution in [3.05, 3.63) is 29.6 Å². The maximum atomic E-state index is 12.2. The van der Waals surface area contributed by atoms with Gasteiger partial charge in [0.15, 0.2) is 5.82 Å². The number of rotatable bonds is 5. The summed E-state index contributed by atoms with van der Waals surface area (Å²) in [6.07, 6.45) is 4.48. The fraction of sp³-hybridized carbons (Fsp3) is 0.500. The number of carbonyl (C=O) groups excluding carboxylic acids is 1. The minimum absolute atomic E-state index is 0.183. The molecule has 0 saturated carbocycles. The zero-order valence-corrected chi connectivity index (χ0v) is 14.8. The first-order valence-corrected chi connectivity index (χ1v) is 8.68. The molecule has 0 fully saturated rings. The van der Waals surface area contributed by atoms with Gasteiger partial charge < -0.3 is 20.4 Å². The van der Waals surface area contributed by atoms with Crippen molar-refractivity contribution in [1.29, 1.82) is 0 Å². The van der Waals surface area contributed by atoms with Crippen LogP contribution in [0.5, 0.6) is 0 Å². The van der Waals surface area contributed by atoms with Gasteiger partial charge in [-0.25, -0.2) is 0 Å². The third kappa shape index (κ3) is 3.88. The second-order valence-corrected chi connectivity index (χ2v) is 6.48. The van der Waals surface area contributed by atoms with E-state index in [0.29, 0.717) is 0 Å². The Kier molecular flexibility index (Phi) is 5.45. The molecule has 1 amide bonds. The van der Waals surface area contributed by atoms with E-state index < -0.39 is 6.04 Å². The molecule has 1 aliphatic heterocycles. The van der Waals surface area contributed by atoms with Crippen molar-refractivity contribution in [2.24, 2.45) is 5.73 Å². The molecule has 3 N–H and O–H groups in total. The molecule has 3 rings (SSSR count). The average Bonchev–Trinajstić information content (AvgIpc) is 2.85. The third-order valence-electron chi connectivity index (χ3n) is 4.55. The summed E-state index contributed by atoms with van der Waals surface area (Å²) in [5.74, 6) is 1.64. The van der Waals surface area contributed by atoms with E-state index >= 15 is 0 Å². The van der Waals surface area contributed by atoms with Gasteiger partial charge in [-0.15, -0.1) is 10.2 Å². The Bertz CT molecular complexity index is 756. The molecule has 1 aromatic carbocycles. The van der Waals surface area contributed by atoms with Gasteiger partial charge in [0.05, 0.1) is 6.61 Å². The number of aryl methyl sites for hydroxylation is 2. The molecule has 0 bridgehead atoms. The average molecular weight is 343 g/mol. The minimum atomic E-state index is -0.697. The maximum absolute atomic E-state index is 12.2. The molecule has 0 saturated heterocycles. The Morgan fingerprint density at radius 1 is 1.36 bits per heavy atom. The highest BCUT2D eigenvalue weighted by Gasteiger charge is 2.18. The van der Waals surface area contributed by atoms with Crippen LogP contribution in [0.2, 0.25) is 0 Å². The number of nitrogens with zero attached hydrogens (tertiary/aromatic N) is 3. The molecule has 25 heavy (non-hydrogen) atoms. The molecule has 1 aliphatic rings. The fourth-order valence-electron chi connectivity index (χ4n) is 3.08. The summed E-state index contributed by atoms with van der Waals surface area (Å²) >= 11 is 0. The summed E-state index contributed by atoms with van der Waals surface area (Å²) in [5, 5.41) is 11.6. The Labute approximate surface area is 147 Å². The second kappa shape index (κ2) is 7.76. The number of benzene rings is 1. The third-order valence-corrected chi connectivity index (χ3v) is 4.55. The molecule has 134 valence electrons. The fourth-order valence-corrected chi connectivity index (χ4v) is 3.08. The number of nitrogens with one attached hydrogen (secondary N) is 1. The van der Waals surface area contributed by atoms with Gasteiger partial charge in [0, 0.05) is 31.3 Å². The van der Waals surface area contributed by atoms with Crippen LogP contribution in [0.25, 0.3) is 11.4 Å². The number of ether oxygens (including phenoxy) is 1. The lowest BCUT2D eigenvalue weighted by Gasteiger charge is -2.14. The predicted molar refractivity (Wildman–Crippen MR) is 96.2 cm³/mol. The van der Waals surface area contributed by atoms with Crippen LogP contribution in [0.4, 0.5) is 5.69 Å². The Hall–Kier alpha value is -2.25. The summed E-state index contributed by atoms with van der Waals surface area (Å²) in [7, 11) is 1.52. The van der Waals surface area contributed by atoms with Gasteiger partial charge in [-0.1, -0.05) is 18.6 Å². The maximum Gasteiger partial charge on any atom is 0.243 e. The number of hydrogen-bond donors (Lipinski definition) is 2. The van der Waals surface area contributed by atoms with Crippen molar-refractivity contribution in [2.75, 3.05) is 19.0 Å². The number of carbonyl (C=O) groups is 1. The standard InChI is InChI=1S/C18H25N5O2/c1-12-7-8-13(10-15(12)20-18(24)14(19)11-25-2)17-22-21-16-6-4-3-5-9-23(16)17/h7-8,10,14H,3-6,9,11,19H2,1-2H3,(H,20,24). The number of fused-ring (bicyclic) bond motifs is 1. The first kappa shape index (κ1) is 17.6. The molecule has 7 heteroatoms. The van der Waals surface area contributed by atoms with Gasteiger partial charge in [0.25, 0.3) is 0 Å². The number of amides is 1. The molecule has 1 aromatic heterocycles. The highest BCUT2D eigenvalue weighted by atomic mass is 16.5. The lowest BCUT2D eigenvalue weighted by molar-refractivity contribution is -0.118. The number of hydrogen-bond acceptors (Lipinski definition) is 5. The first-order valence-electron chi connectivity index (χ1n) is 8.68. The summed E-state index contributed by atoms with van der Waals surface area (Å²) in [6.45, 7) is 3.07. The van der Waals surface area contributed by atoms with E-state index in [1.165, 1.54) is 13.5 Å². The quantitative estimate of drug-likeness (QED) is 0.864. The van der Waals surface area contributed by atoms with Gasteiger partial charge in [-0.2, -0.15) is 0 Å². The topological polar surface area (TPSA) is 95.1 Å². The van der Waals surface area contributed by atoms with Crippen molar-refractivity contribution in [3.63, 3.8) is 0 Å². The van der Waals surface area contributed by atoms with E-state index in [1.54, 1.807) is 0 Å². The molecule has 1 atom stereocenters. The predicted octanol–water partition coefficient (Wildman–Crippen LogP) is 1.89. The Morgan fingerprint density at radius 2 is 2.20 bits per heavy atom. The van der Waals surface area contributed by atoms with Crippen LogP contribution in [-0.4, -0.2) is 40.4 Å². The van der Waals surface area contributed by atoms with Crippen LogP contribution in [-0.2, 0) is 22.5 Å². The molecule has 1 unspecified atom stereocenters. The molecule has 2 aromatic rings. The molecule has 0 spiro atoms. The molecule has 0 aliphatic carbocycles. The van der Waals surface area contributed by atoms with E-state index in [-0.39, 0.29) is 12.5 Å². The summed E-state index contributed by atoms with van der Waals surface area (Å²) < 4.78 is 7.14. The van der Waals surface area contributed by atoms with E-state index in [2.05, 4.69) is 20.1 Å². The van der Waals surface area contributed by atoms with Crippen molar-refractivity contribution >= 4 is 11.6 Å². The molecular weight excluding hydrogens is 318 g/mol. The normalized spacial score (nSPS) is 15.3. The van der Waals surface area contributed by atoms with Gasteiger partial charge in [0.2, 0.25) is 5.91 Å². The van der Waals surface area contributed by atoms with Crippen LogP contribution >= 0.6 is 0 Å². The summed E-state index contributed by atoms with van der Waals surface area (Å²) in [4.78, 5) is 12.2. The van der Waals surface area contributed by atoms with Crippen LogP contribution < -0.4 is 11.1 Å². The van der Waals surface area contributed by atoms with Crippen LogP contribution in [0.1, 0.15) is 30.7 Å².